The van der Waals surface area contributed by atoms with Crippen molar-refractivity contribution in [3.63, 3.8) is 0 Å². The molecule has 0 spiro atoms. The molecule has 0 aliphatic rings. The Bertz CT molecular complexity index is 287. The second kappa shape index (κ2) is 3.70. The molecule has 0 radical (unpaired) electrons. The van der Waals surface area contributed by atoms with Gasteiger partial charge in [-0.1, -0.05) is 12.1 Å². The van der Waals surface area contributed by atoms with Crippen LogP contribution in [0.2, 0.25) is 0 Å². The van der Waals surface area contributed by atoms with E-state index in [0.717, 1.165) is 6.07 Å². The highest BCUT2D eigenvalue weighted by Crippen LogP contribution is 2.20. The largest absolute Gasteiger partial charge is 0.573 e. The fourth-order valence-corrected chi connectivity index (χ4v) is 0.841. The van der Waals surface area contributed by atoms with Crippen molar-refractivity contribution in [2.45, 2.75) is 6.36 Å². The monoisotopic (exact) mass is 190 g/mol. The molecule has 0 aliphatic carbocycles. The Kier molecular flexibility index (Phi) is 2.82. The standard InChI is InChI=1S/C7H6BF3O2/c9-7(10,11)13-6-3-1-2-5(4-6)8-12/h1-4,8,12H. The van der Waals surface area contributed by atoms with Crippen LogP contribution >= 0.6 is 0 Å². The van der Waals surface area contributed by atoms with Crippen molar-refractivity contribution in [2.75, 3.05) is 0 Å². The maximum atomic E-state index is 11.7. The van der Waals surface area contributed by atoms with E-state index < -0.39 is 6.36 Å². The lowest BCUT2D eigenvalue weighted by Crippen LogP contribution is -2.19. The van der Waals surface area contributed by atoms with Crippen molar-refractivity contribution in [1.82, 2.24) is 0 Å². The maximum absolute atomic E-state index is 11.7. The Morgan fingerprint density at radius 1 is 1.31 bits per heavy atom. The number of alkyl halides is 3. The van der Waals surface area contributed by atoms with Crippen LogP contribution in [0.1, 0.15) is 0 Å². The first-order valence-electron chi connectivity index (χ1n) is 3.47. The summed E-state index contributed by atoms with van der Waals surface area (Å²) in [5, 5.41) is 8.62. The molecule has 0 amide bonds. The SMILES string of the molecule is OBc1cccc(OC(F)(F)F)c1. The summed E-state index contributed by atoms with van der Waals surface area (Å²) < 4.78 is 38.7. The molecule has 70 valence electrons. The van der Waals surface area contributed by atoms with E-state index in [-0.39, 0.29) is 13.2 Å². The number of hydrogen-bond donors (Lipinski definition) is 1. The van der Waals surface area contributed by atoms with Crippen molar-refractivity contribution < 1.29 is 22.9 Å². The van der Waals surface area contributed by atoms with Gasteiger partial charge in [-0.25, -0.2) is 0 Å². The van der Waals surface area contributed by atoms with Crippen molar-refractivity contribution >= 4 is 12.9 Å². The normalized spacial score (nSPS) is 11.1. The molecule has 13 heavy (non-hydrogen) atoms. The molecule has 6 heteroatoms. The molecule has 1 N–H and O–H groups in total. The summed E-state index contributed by atoms with van der Waals surface area (Å²) in [6.45, 7) is 0. The topological polar surface area (TPSA) is 29.5 Å². The average Bonchev–Trinajstić information content (AvgIpc) is 2.01. The lowest BCUT2D eigenvalue weighted by Gasteiger charge is -2.08. The molecule has 0 saturated carbocycles. The minimum absolute atomic E-state index is 0.310. The van der Waals surface area contributed by atoms with E-state index in [4.69, 9.17) is 5.02 Å². The van der Waals surface area contributed by atoms with Crippen LogP contribution in [-0.2, 0) is 0 Å². The molecule has 0 fully saturated rings. The lowest BCUT2D eigenvalue weighted by atomic mass is 9.89. The molecule has 0 heterocycles. The van der Waals surface area contributed by atoms with Gasteiger partial charge in [-0.15, -0.1) is 13.2 Å². The molecule has 1 aromatic rings. The molecular weight excluding hydrogens is 184 g/mol. The van der Waals surface area contributed by atoms with E-state index >= 15 is 0 Å². The van der Waals surface area contributed by atoms with Gasteiger partial charge in [0.15, 0.2) is 0 Å². The Morgan fingerprint density at radius 2 is 2.00 bits per heavy atom. The Hall–Kier alpha value is -1.17. The van der Waals surface area contributed by atoms with E-state index in [2.05, 4.69) is 4.74 Å². The molecule has 0 unspecified atom stereocenters. The third kappa shape index (κ3) is 3.37. The zero-order valence-corrected chi connectivity index (χ0v) is 6.51. The number of ether oxygens (including phenoxy) is 1. The highest BCUT2D eigenvalue weighted by molar-refractivity contribution is 6.45. The third-order valence-electron chi connectivity index (χ3n) is 1.31. The van der Waals surface area contributed by atoms with Crippen LogP contribution in [0.5, 0.6) is 5.75 Å². The minimum Gasteiger partial charge on any atom is -0.449 e. The quantitative estimate of drug-likeness (QED) is 0.690. The molecular formula is C7H6BF3O2. The summed E-state index contributed by atoms with van der Waals surface area (Å²) in [6.07, 6.45) is -4.69. The molecule has 0 atom stereocenters. The lowest BCUT2D eigenvalue weighted by molar-refractivity contribution is -0.274. The van der Waals surface area contributed by atoms with Gasteiger partial charge in [-0.2, -0.15) is 0 Å². The summed E-state index contributed by atoms with van der Waals surface area (Å²) in [5.41, 5.74) is 0.377. The van der Waals surface area contributed by atoms with Gasteiger partial charge in [0, 0.05) is 0 Å². The van der Waals surface area contributed by atoms with Crippen LogP contribution in [0.15, 0.2) is 24.3 Å². The molecule has 0 aliphatic heterocycles. The van der Waals surface area contributed by atoms with Crippen molar-refractivity contribution in [2.24, 2.45) is 0 Å². The van der Waals surface area contributed by atoms with Crippen LogP contribution in [0.4, 0.5) is 13.2 Å². The minimum atomic E-state index is -4.69. The van der Waals surface area contributed by atoms with E-state index in [9.17, 15) is 13.2 Å². The highest BCUT2D eigenvalue weighted by Gasteiger charge is 2.30. The van der Waals surface area contributed by atoms with Crippen molar-refractivity contribution in [1.29, 1.82) is 0 Å². The summed E-state index contributed by atoms with van der Waals surface area (Å²) in [7, 11) is -0.310. The smallest absolute Gasteiger partial charge is 0.449 e. The first-order chi connectivity index (χ1) is 6.01. The maximum Gasteiger partial charge on any atom is 0.573 e. The van der Waals surface area contributed by atoms with Crippen LogP contribution in [0.3, 0.4) is 0 Å². The van der Waals surface area contributed by atoms with Gasteiger partial charge in [0.1, 0.15) is 5.75 Å². The second-order valence-corrected chi connectivity index (χ2v) is 2.35. The Balaban J connectivity index is 2.78. The number of hydrogen-bond acceptors (Lipinski definition) is 2. The second-order valence-electron chi connectivity index (χ2n) is 2.35. The molecule has 1 aromatic carbocycles. The summed E-state index contributed by atoms with van der Waals surface area (Å²) in [6, 6.07) is 5.19. The predicted octanol–water partition coefficient (Wildman–Crippen LogP) is 0.554. The number of rotatable bonds is 2. The van der Waals surface area contributed by atoms with E-state index in [1.807, 2.05) is 0 Å². The van der Waals surface area contributed by atoms with Gasteiger partial charge in [0.05, 0.1) is 0 Å². The number of halogens is 3. The molecule has 1 rings (SSSR count). The third-order valence-corrected chi connectivity index (χ3v) is 1.31. The fraction of sp³-hybridized carbons (Fsp3) is 0.143. The van der Waals surface area contributed by atoms with Gasteiger partial charge >= 0.3 is 13.8 Å². The van der Waals surface area contributed by atoms with Crippen LogP contribution in [-0.4, -0.2) is 18.9 Å². The van der Waals surface area contributed by atoms with E-state index in [1.165, 1.54) is 18.2 Å². The van der Waals surface area contributed by atoms with Crippen LogP contribution in [0, 0.1) is 0 Å². The first kappa shape index (κ1) is 9.92. The zero-order valence-electron chi connectivity index (χ0n) is 6.51. The zero-order chi connectivity index (χ0) is 9.90. The Morgan fingerprint density at radius 3 is 2.54 bits per heavy atom. The molecule has 0 bridgehead atoms. The van der Waals surface area contributed by atoms with Crippen LogP contribution in [0.25, 0.3) is 0 Å². The molecule has 0 aromatic heterocycles. The summed E-state index contributed by atoms with van der Waals surface area (Å²) >= 11 is 0. The molecule has 0 saturated heterocycles. The van der Waals surface area contributed by atoms with E-state index in [0.29, 0.717) is 5.46 Å². The van der Waals surface area contributed by atoms with Gasteiger partial charge in [-0.05, 0) is 17.6 Å². The number of benzene rings is 1. The summed E-state index contributed by atoms with van der Waals surface area (Å²) in [4.78, 5) is 0. The van der Waals surface area contributed by atoms with Crippen molar-refractivity contribution in [3.8, 4) is 5.75 Å². The Labute approximate surface area is 73.2 Å². The van der Waals surface area contributed by atoms with Crippen LogP contribution < -0.4 is 10.2 Å². The first-order valence-corrected chi connectivity index (χ1v) is 3.47. The molecule has 2 nitrogen and oxygen atoms in total. The van der Waals surface area contributed by atoms with Crippen molar-refractivity contribution in [3.05, 3.63) is 24.3 Å². The van der Waals surface area contributed by atoms with Gasteiger partial charge < -0.3 is 9.76 Å². The van der Waals surface area contributed by atoms with Gasteiger partial charge in [-0.3, -0.25) is 0 Å². The summed E-state index contributed by atoms with van der Waals surface area (Å²) in [5.74, 6) is -0.320. The fourth-order valence-electron chi connectivity index (χ4n) is 0.841. The van der Waals surface area contributed by atoms with E-state index in [1.54, 1.807) is 0 Å². The predicted molar refractivity (Wildman–Crippen MR) is 42.1 cm³/mol. The van der Waals surface area contributed by atoms with Gasteiger partial charge in [0.25, 0.3) is 0 Å². The highest BCUT2D eigenvalue weighted by atomic mass is 19.4. The average molecular weight is 190 g/mol. The van der Waals surface area contributed by atoms with Gasteiger partial charge in [0.2, 0.25) is 0 Å².